The highest BCUT2D eigenvalue weighted by Gasteiger charge is 2.16. The summed E-state index contributed by atoms with van der Waals surface area (Å²) in [7, 11) is 0. The number of carbonyl (C=O) groups is 1. The van der Waals surface area contributed by atoms with Crippen molar-refractivity contribution < 1.29 is 9.63 Å². The summed E-state index contributed by atoms with van der Waals surface area (Å²) in [4.78, 5) is 18.7. The van der Waals surface area contributed by atoms with Crippen molar-refractivity contribution in [2.75, 3.05) is 25.1 Å². The van der Waals surface area contributed by atoms with E-state index in [-0.39, 0.29) is 5.97 Å². The fourth-order valence-electron chi connectivity index (χ4n) is 2.01. The van der Waals surface area contributed by atoms with E-state index in [9.17, 15) is 4.79 Å². The first kappa shape index (κ1) is 13.2. The molecule has 18 heavy (non-hydrogen) atoms. The predicted molar refractivity (Wildman–Crippen MR) is 71.6 cm³/mol. The van der Waals surface area contributed by atoms with Gasteiger partial charge >= 0.3 is 5.97 Å². The maximum absolute atomic E-state index is 11.6. The van der Waals surface area contributed by atoms with Gasteiger partial charge in [-0.15, -0.1) is 0 Å². The van der Waals surface area contributed by atoms with Crippen LogP contribution < -0.4 is 5.48 Å². The summed E-state index contributed by atoms with van der Waals surface area (Å²) in [5, 5.41) is 0.668. The van der Waals surface area contributed by atoms with Crippen LogP contribution in [0.5, 0.6) is 0 Å². The highest BCUT2D eigenvalue weighted by Crippen LogP contribution is 2.19. The normalized spacial score (nSPS) is 15.7. The molecule has 1 N–H and O–H groups in total. The predicted octanol–water partition coefficient (Wildman–Crippen LogP) is 2.61. The summed E-state index contributed by atoms with van der Waals surface area (Å²) in [5.41, 5.74) is 4.38. The third-order valence-corrected chi connectivity index (χ3v) is 3.25. The van der Waals surface area contributed by atoms with Gasteiger partial charge < -0.3 is 4.84 Å². The monoisotopic (exact) mass is 268 g/mol. The Morgan fingerprint density at radius 2 is 2.17 bits per heavy atom. The lowest BCUT2D eigenvalue weighted by Gasteiger charge is -2.14. The third kappa shape index (κ3) is 3.62. The average molecular weight is 269 g/mol. The summed E-state index contributed by atoms with van der Waals surface area (Å²) < 4.78 is 0. The lowest BCUT2D eigenvalue weighted by Crippen LogP contribution is -2.29. The first-order valence-corrected chi connectivity index (χ1v) is 6.47. The van der Waals surface area contributed by atoms with Gasteiger partial charge in [0.05, 0.1) is 12.2 Å². The minimum Gasteiger partial charge on any atom is -0.342 e. The molecule has 1 aromatic rings. The van der Waals surface area contributed by atoms with Crippen molar-refractivity contribution in [2.24, 2.45) is 0 Å². The van der Waals surface area contributed by atoms with E-state index in [4.69, 9.17) is 16.4 Å². The zero-order chi connectivity index (χ0) is 13.0. The Morgan fingerprint density at radius 3 is 2.83 bits per heavy atom. The number of halogens is 1. The summed E-state index contributed by atoms with van der Waals surface area (Å²) in [6.45, 7) is 4.21. The smallest absolute Gasteiger partial charge is 0.342 e. The molecular weight excluding hydrogens is 252 g/mol. The van der Waals surface area contributed by atoms with E-state index < -0.39 is 0 Å². The van der Waals surface area contributed by atoms with Crippen LogP contribution in [-0.4, -0.2) is 30.5 Å². The Morgan fingerprint density at radius 1 is 1.44 bits per heavy atom. The van der Waals surface area contributed by atoms with Crippen LogP contribution in [0.2, 0.25) is 5.02 Å². The van der Waals surface area contributed by atoms with Gasteiger partial charge in [0.1, 0.15) is 0 Å². The van der Waals surface area contributed by atoms with E-state index in [1.807, 2.05) is 13.0 Å². The fourth-order valence-corrected chi connectivity index (χ4v) is 2.24. The number of hydrogen-bond acceptors (Lipinski definition) is 4. The maximum atomic E-state index is 11.6. The second-order valence-electron chi connectivity index (χ2n) is 4.52. The number of rotatable bonds is 4. The van der Waals surface area contributed by atoms with Crippen LogP contribution in [0.3, 0.4) is 0 Å². The van der Waals surface area contributed by atoms with E-state index in [2.05, 4.69) is 10.4 Å². The third-order valence-electron chi connectivity index (χ3n) is 3.01. The number of aryl methyl sites for hydroxylation is 1. The molecule has 0 bridgehead atoms. The molecule has 1 aromatic carbocycles. The van der Waals surface area contributed by atoms with E-state index in [0.717, 1.165) is 37.2 Å². The standard InChI is InChI=1S/C13H17ClN2O2/c1-10-8-11(14)4-5-12(10)15-18-13(17)9-16-6-2-3-7-16/h4-5,8,15H,2-3,6-7,9H2,1H3. The van der Waals surface area contributed by atoms with E-state index in [1.165, 1.54) is 0 Å². The Labute approximate surface area is 112 Å². The van der Waals surface area contributed by atoms with E-state index in [0.29, 0.717) is 11.6 Å². The summed E-state index contributed by atoms with van der Waals surface area (Å²) in [5.74, 6) is -0.258. The van der Waals surface area contributed by atoms with Crippen LogP contribution in [0.1, 0.15) is 18.4 Å². The average Bonchev–Trinajstić information content (AvgIpc) is 2.80. The van der Waals surface area contributed by atoms with Crippen molar-refractivity contribution in [1.29, 1.82) is 0 Å². The zero-order valence-corrected chi connectivity index (χ0v) is 11.2. The van der Waals surface area contributed by atoms with E-state index >= 15 is 0 Å². The van der Waals surface area contributed by atoms with Crippen molar-refractivity contribution in [3.63, 3.8) is 0 Å². The molecule has 0 atom stereocenters. The molecular formula is C13H17ClN2O2. The van der Waals surface area contributed by atoms with Gasteiger partial charge in [-0.2, -0.15) is 0 Å². The van der Waals surface area contributed by atoms with Gasteiger partial charge in [0.15, 0.2) is 0 Å². The molecule has 1 heterocycles. The number of nitrogens with zero attached hydrogens (tertiary/aromatic N) is 1. The van der Waals surface area contributed by atoms with Crippen molar-refractivity contribution in [3.8, 4) is 0 Å². The Kier molecular flexibility index (Phi) is 4.44. The van der Waals surface area contributed by atoms with Gasteiger partial charge in [0, 0.05) is 5.02 Å². The molecule has 4 nitrogen and oxygen atoms in total. The molecule has 1 aliphatic rings. The molecule has 0 aliphatic carbocycles. The van der Waals surface area contributed by atoms with Gasteiger partial charge in [-0.05, 0) is 56.6 Å². The van der Waals surface area contributed by atoms with Crippen molar-refractivity contribution in [3.05, 3.63) is 28.8 Å². The van der Waals surface area contributed by atoms with Crippen LogP contribution in [0.25, 0.3) is 0 Å². The number of hydrogen-bond donors (Lipinski definition) is 1. The Balaban J connectivity index is 1.81. The molecule has 1 fully saturated rings. The largest absolute Gasteiger partial charge is 0.345 e. The molecule has 1 saturated heterocycles. The summed E-state index contributed by atoms with van der Waals surface area (Å²) >= 11 is 5.85. The van der Waals surface area contributed by atoms with Gasteiger partial charge in [-0.25, -0.2) is 10.3 Å². The molecule has 0 spiro atoms. The highest BCUT2D eigenvalue weighted by atomic mass is 35.5. The molecule has 1 aliphatic heterocycles. The second kappa shape index (κ2) is 6.07. The van der Waals surface area contributed by atoms with Crippen LogP contribution in [0.4, 0.5) is 5.69 Å². The van der Waals surface area contributed by atoms with Gasteiger partial charge in [0.2, 0.25) is 0 Å². The lowest BCUT2D eigenvalue weighted by atomic mass is 10.2. The Hall–Kier alpha value is -1.26. The maximum Gasteiger partial charge on any atom is 0.345 e. The van der Waals surface area contributed by atoms with E-state index in [1.54, 1.807) is 12.1 Å². The SMILES string of the molecule is Cc1cc(Cl)ccc1NOC(=O)CN1CCCC1. The molecule has 0 radical (unpaired) electrons. The van der Waals surface area contributed by atoms with Crippen molar-refractivity contribution in [2.45, 2.75) is 19.8 Å². The molecule has 2 rings (SSSR count). The van der Waals surface area contributed by atoms with Crippen LogP contribution in [0, 0.1) is 6.92 Å². The number of likely N-dealkylation sites (tertiary alicyclic amines) is 1. The lowest BCUT2D eigenvalue weighted by molar-refractivity contribution is -0.141. The molecule has 0 unspecified atom stereocenters. The Bertz CT molecular complexity index is 431. The number of nitrogens with one attached hydrogen (secondary N) is 1. The first-order chi connectivity index (χ1) is 8.65. The summed E-state index contributed by atoms with van der Waals surface area (Å²) in [6.07, 6.45) is 2.33. The second-order valence-corrected chi connectivity index (χ2v) is 4.96. The first-order valence-electron chi connectivity index (χ1n) is 6.09. The molecule has 0 saturated carbocycles. The molecule has 98 valence electrons. The minimum atomic E-state index is -0.258. The summed E-state index contributed by atoms with van der Waals surface area (Å²) in [6, 6.07) is 5.37. The highest BCUT2D eigenvalue weighted by molar-refractivity contribution is 6.30. The van der Waals surface area contributed by atoms with Gasteiger partial charge in [-0.3, -0.25) is 4.90 Å². The van der Waals surface area contributed by atoms with Crippen molar-refractivity contribution >= 4 is 23.3 Å². The minimum absolute atomic E-state index is 0.258. The number of carbonyl (C=O) groups excluding carboxylic acids is 1. The number of anilines is 1. The van der Waals surface area contributed by atoms with Crippen LogP contribution >= 0.6 is 11.6 Å². The quantitative estimate of drug-likeness (QED) is 0.853. The van der Waals surface area contributed by atoms with Gasteiger partial charge in [-0.1, -0.05) is 11.6 Å². The number of benzene rings is 1. The van der Waals surface area contributed by atoms with Gasteiger partial charge in [0.25, 0.3) is 0 Å². The zero-order valence-electron chi connectivity index (χ0n) is 10.4. The fraction of sp³-hybridized carbons (Fsp3) is 0.462. The topological polar surface area (TPSA) is 41.6 Å². The van der Waals surface area contributed by atoms with Crippen molar-refractivity contribution in [1.82, 2.24) is 4.90 Å². The molecule has 5 heteroatoms. The van der Waals surface area contributed by atoms with Crippen LogP contribution in [0.15, 0.2) is 18.2 Å². The molecule has 0 amide bonds. The van der Waals surface area contributed by atoms with Crippen LogP contribution in [-0.2, 0) is 9.63 Å². The molecule has 0 aromatic heterocycles.